The van der Waals surface area contributed by atoms with Crippen LogP contribution in [0.5, 0.6) is 0 Å². The van der Waals surface area contributed by atoms with Crippen molar-refractivity contribution >= 4 is 19.7 Å². The van der Waals surface area contributed by atoms with Gasteiger partial charge in [-0.3, -0.25) is 0 Å². The summed E-state index contributed by atoms with van der Waals surface area (Å²) in [7, 11) is -6.31. The summed E-state index contributed by atoms with van der Waals surface area (Å²) < 4.78 is 49.3. The van der Waals surface area contributed by atoms with Crippen molar-refractivity contribution in [2.75, 3.05) is 11.5 Å². The lowest BCUT2D eigenvalue weighted by Crippen LogP contribution is -2.06. The summed E-state index contributed by atoms with van der Waals surface area (Å²) >= 11 is 0. The van der Waals surface area contributed by atoms with Gasteiger partial charge in [-0.1, -0.05) is 93.2 Å². The minimum Gasteiger partial charge on any atom is -0.224 e. The summed E-state index contributed by atoms with van der Waals surface area (Å²) in [5, 5.41) is 0. The molecule has 0 fully saturated rings. The highest BCUT2D eigenvalue weighted by Crippen LogP contribution is 2.17. The fourth-order valence-electron chi connectivity index (χ4n) is 3.90. The quantitative estimate of drug-likeness (QED) is 0.241. The Morgan fingerprint density at radius 3 is 0.939 bits per heavy atom. The number of unbranched alkanes of at least 4 members (excludes halogenated alkanes) is 10. The van der Waals surface area contributed by atoms with E-state index in [1.165, 1.54) is 19.3 Å². The van der Waals surface area contributed by atoms with Gasteiger partial charge in [0.2, 0.25) is 0 Å². The molecular formula is C27H40O4S2. The molecule has 0 saturated heterocycles. The second kappa shape index (κ2) is 13.9. The van der Waals surface area contributed by atoms with Crippen LogP contribution in [0.15, 0.2) is 58.3 Å². The monoisotopic (exact) mass is 492 g/mol. The molecule has 0 spiro atoms. The van der Waals surface area contributed by atoms with Crippen molar-refractivity contribution in [1.29, 1.82) is 0 Å². The number of aryl methyl sites for hydroxylation is 2. The zero-order chi connectivity index (χ0) is 24.2. The zero-order valence-electron chi connectivity index (χ0n) is 20.3. The first-order valence-corrected chi connectivity index (χ1v) is 15.6. The summed E-state index contributed by atoms with van der Waals surface area (Å²) in [6.07, 6.45) is 11.4. The Kier molecular flexibility index (Phi) is 11.6. The molecule has 2 aromatic rings. The molecule has 0 saturated carbocycles. The molecule has 0 aliphatic carbocycles. The van der Waals surface area contributed by atoms with Crippen LogP contribution in [0.25, 0.3) is 0 Å². The van der Waals surface area contributed by atoms with Crippen molar-refractivity contribution in [3.8, 4) is 0 Å². The standard InChI is InChI=1S/C27H40O4S2/c1-24-14-18-26(19-15-24)32(28,29)22-12-10-8-6-4-3-5-7-9-11-13-23-33(30,31)27-20-16-25(2)17-21-27/h14-21H,3-13,22-23H2,1-2H3. The molecule has 6 heteroatoms. The first kappa shape index (κ1) is 27.6. The smallest absolute Gasteiger partial charge is 0.178 e. The lowest BCUT2D eigenvalue weighted by Gasteiger charge is -2.06. The topological polar surface area (TPSA) is 68.3 Å². The summed E-state index contributed by atoms with van der Waals surface area (Å²) in [4.78, 5) is 0.863. The molecule has 184 valence electrons. The molecule has 2 rings (SSSR count). The van der Waals surface area contributed by atoms with Crippen LogP contribution in [0.3, 0.4) is 0 Å². The molecule has 0 unspecified atom stereocenters. The highest BCUT2D eigenvalue weighted by Gasteiger charge is 2.14. The predicted molar refractivity (Wildman–Crippen MR) is 137 cm³/mol. The van der Waals surface area contributed by atoms with Crippen LogP contribution in [0, 0.1) is 13.8 Å². The van der Waals surface area contributed by atoms with Crippen molar-refractivity contribution in [2.45, 2.75) is 94.3 Å². The molecule has 0 bridgehead atoms. The molecule has 0 amide bonds. The van der Waals surface area contributed by atoms with E-state index in [9.17, 15) is 16.8 Å². The van der Waals surface area contributed by atoms with E-state index in [0.29, 0.717) is 9.79 Å². The minimum absolute atomic E-state index is 0.232. The van der Waals surface area contributed by atoms with Gasteiger partial charge >= 0.3 is 0 Å². The highest BCUT2D eigenvalue weighted by atomic mass is 32.2. The van der Waals surface area contributed by atoms with Gasteiger partial charge in [0, 0.05) is 0 Å². The van der Waals surface area contributed by atoms with E-state index in [2.05, 4.69) is 0 Å². The SMILES string of the molecule is Cc1ccc(S(=O)(=O)CCCCCCCCCCCCCS(=O)(=O)c2ccc(C)cc2)cc1. The van der Waals surface area contributed by atoms with E-state index in [0.717, 1.165) is 62.5 Å². The normalized spacial score (nSPS) is 12.2. The zero-order valence-corrected chi connectivity index (χ0v) is 21.9. The maximum atomic E-state index is 12.3. The van der Waals surface area contributed by atoms with E-state index >= 15 is 0 Å². The number of hydrogen-bond donors (Lipinski definition) is 0. The Bertz CT molecular complexity index is 937. The Hall–Kier alpha value is -1.66. The third-order valence-electron chi connectivity index (χ3n) is 6.09. The average Bonchev–Trinajstić information content (AvgIpc) is 2.77. The molecule has 4 nitrogen and oxygen atoms in total. The molecule has 0 aromatic heterocycles. The van der Waals surface area contributed by atoms with Gasteiger partial charge in [0.25, 0.3) is 0 Å². The van der Waals surface area contributed by atoms with Gasteiger partial charge in [0.15, 0.2) is 19.7 Å². The van der Waals surface area contributed by atoms with Crippen LogP contribution in [0.1, 0.15) is 81.8 Å². The van der Waals surface area contributed by atoms with Gasteiger partial charge in [-0.15, -0.1) is 0 Å². The second-order valence-electron chi connectivity index (χ2n) is 9.15. The molecule has 0 aliphatic heterocycles. The summed E-state index contributed by atoms with van der Waals surface area (Å²) in [5.74, 6) is 0.464. The first-order chi connectivity index (χ1) is 15.7. The van der Waals surface area contributed by atoms with Crippen molar-refractivity contribution < 1.29 is 16.8 Å². The second-order valence-corrected chi connectivity index (χ2v) is 13.4. The van der Waals surface area contributed by atoms with Crippen LogP contribution in [-0.4, -0.2) is 28.3 Å². The van der Waals surface area contributed by atoms with Gasteiger partial charge in [0.05, 0.1) is 21.3 Å². The maximum absolute atomic E-state index is 12.3. The number of benzene rings is 2. The molecule has 0 N–H and O–H groups in total. The van der Waals surface area contributed by atoms with E-state index in [4.69, 9.17) is 0 Å². The molecule has 0 aliphatic rings. The van der Waals surface area contributed by atoms with Crippen LogP contribution in [0.2, 0.25) is 0 Å². The molecular weight excluding hydrogens is 452 g/mol. The van der Waals surface area contributed by atoms with Crippen molar-refractivity contribution in [1.82, 2.24) is 0 Å². The minimum atomic E-state index is -3.15. The third kappa shape index (κ3) is 10.4. The van der Waals surface area contributed by atoms with E-state index in [-0.39, 0.29) is 11.5 Å². The van der Waals surface area contributed by atoms with Gasteiger partial charge in [0.1, 0.15) is 0 Å². The fraction of sp³-hybridized carbons (Fsp3) is 0.556. The number of rotatable bonds is 16. The Morgan fingerprint density at radius 2 is 0.667 bits per heavy atom. The molecule has 2 aromatic carbocycles. The molecule has 33 heavy (non-hydrogen) atoms. The van der Waals surface area contributed by atoms with Gasteiger partial charge < -0.3 is 0 Å². The van der Waals surface area contributed by atoms with Crippen LogP contribution in [-0.2, 0) is 19.7 Å². The van der Waals surface area contributed by atoms with E-state index in [1.54, 1.807) is 24.3 Å². The van der Waals surface area contributed by atoms with Gasteiger partial charge in [-0.25, -0.2) is 16.8 Å². The van der Waals surface area contributed by atoms with Crippen molar-refractivity contribution in [2.24, 2.45) is 0 Å². The lowest BCUT2D eigenvalue weighted by atomic mass is 10.1. The molecule has 0 atom stereocenters. The Morgan fingerprint density at radius 1 is 0.424 bits per heavy atom. The van der Waals surface area contributed by atoms with Crippen LogP contribution in [0.4, 0.5) is 0 Å². The Balaban J connectivity index is 1.44. The fourth-order valence-corrected chi connectivity index (χ4v) is 6.64. The van der Waals surface area contributed by atoms with Crippen LogP contribution >= 0.6 is 0 Å². The molecule has 0 heterocycles. The lowest BCUT2D eigenvalue weighted by molar-refractivity contribution is 0.549. The first-order valence-electron chi connectivity index (χ1n) is 12.3. The maximum Gasteiger partial charge on any atom is 0.178 e. The number of hydrogen-bond acceptors (Lipinski definition) is 4. The van der Waals surface area contributed by atoms with Gasteiger partial charge in [-0.05, 0) is 51.0 Å². The Labute approximate surface area is 201 Å². The largest absolute Gasteiger partial charge is 0.224 e. The van der Waals surface area contributed by atoms with Crippen molar-refractivity contribution in [3.63, 3.8) is 0 Å². The van der Waals surface area contributed by atoms with E-state index in [1.807, 2.05) is 38.1 Å². The van der Waals surface area contributed by atoms with Gasteiger partial charge in [-0.2, -0.15) is 0 Å². The summed E-state index contributed by atoms with van der Waals surface area (Å²) in [6.45, 7) is 3.91. The highest BCUT2D eigenvalue weighted by molar-refractivity contribution is 7.91. The van der Waals surface area contributed by atoms with Crippen molar-refractivity contribution in [3.05, 3.63) is 59.7 Å². The summed E-state index contributed by atoms with van der Waals surface area (Å²) in [5.41, 5.74) is 2.14. The summed E-state index contributed by atoms with van der Waals surface area (Å²) in [6, 6.07) is 14.2. The predicted octanol–water partition coefficient (Wildman–Crippen LogP) is 6.84. The number of sulfone groups is 2. The average molecular weight is 493 g/mol. The third-order valence-corrected chi connectivity index (χ3v) is 9.72. The van der Waals surface area contributed by atoms with E-state index < -0.39 is 19.7 Å². The molecule has 0 radical (unpaired) electrons. The van der Waals surface area contributed by atoms with Crippen LogP contribution < -0.4 is 0 Å².